The Kier molecular flexibility index (Phi) is 6.63. The third-order valence-corrected chi connectivity index (χ3v) is 5.33. The van der Waals surface area contributed by atoms with Crippen LogP contribution in [0.3, 0.4) is 0 Å². The number of hydrogen-bond donors (Lipinski definition) is 0. The molecule has 0 aliphatic carbocycles. The van der Waals surface area contributed by atoms with E-state index >= 15 is 0 Å². The first kappa shape index (κ1) is 18.7. The molecular formula is C19H26N2O2S. The average Bonchev–Trinajstić information content (AvgIpc) is 2.86. The molecule has 0 saturated heterocycles. The minimum Gasteiger partial charge on any atom is -0.383 e. The zero-order valence-electron chi connectivity index (χ0n) is 15.1. The quantitative estimate of drug-likeness (QED) is 0.534. The largest absolute Gasteiger partial charge is 0.383 e. The van der Waals surface area contributed by atoms with Crippen LogP contribution in [-0.2, 0) is 17.7 Å². The van der Waals surface area contributed by atoms with Crippen molar-refractivity contribution in [2.75, 3.05) is 13.7 Å². The van der Waals surface area contributed by atoms with Gasteiger partial charge in [0.1, 0.15) is 0 Å². The number of aryl methyl sites for hydroxylation is 2. The Hall–Kier alpha value is -1.59. The third-order valence-electron chi connectivity index (χ3n) is 4.24. The highest BCUT2D eigenvalue weighted by Crippen LogP contribution is 2.27. The van der Waals surface area contributed by atoms with E-state index in [0.29, 0.717) is 6.61 Å². The molecule has 1 atom stereocenters. The number of Topliss-reactive ketones (excluding diaryl/α,β-unsaturated/α-hetero) is 1. The fourth-order valence-corrected chi connectivity index (χ4v) is 3.61. The number of methoxy groups -OCH3 is 1. The molecule has 4 nitrogen and oxygen atoms in total. The average molecular weight is 346 g/mol. The van der Waals surface area contributed by atoms with Crippen molar-refractivity contribution < 1.29 is 9.53 Å². The summed E-state index contributed by atoms with van der Waals surface area (Å²) in [6, 6.07) is 7.90. The molecule has 0 radical (unpaired) electrons. The zero-order valence-corrected chi connectivity index (χ0v) is 15.9. The molecular weight excluding hydrogens is 320 g/mol. The van der Waals surface area contributed by atoms with Crippen molar-refractivity contribution in [3.63, 3.8) is 0 Å². The lowest BCUT2D eigenvalue weighted by Crippen LogP contribution is -2.15. The van der Waals surface area contributed by atoms with E-state index in [9.17, 15) is 4.79 Å². The highest BCUT2D eigenvalue weighted by molar-refractivity contribution is 8.00. The van der Waals surface area contributed by atoms with Gasteiger partial charge in [-0.25, -0.2) is 4.98 Å². The van der Waals surface area contributed by atoms with Gasteiger partial charge >= 0.3 is 0 Å². The molecule has 1 unspecified atom stereocenters. The minimum atomic E-state index is -0.181. The molecule has 1 heterocycles. The molecule has 0 spiro atoms. The van der Waals surface area contributed by atoms with Crippen molar-refractivity contribution >= 4 is 17.5 Å². The van der Waals surface area contributed by atoms with Gasteiger partial charge in [-0.15, -0.1) is 0 Å². The van der Waals surface area contributed by atoms with E-state index < -0.39 is 0 Å². The summed E-state index contributed by atoms with van der Waals surface area (Å²) in [4.78, 5) is 17.3. The molecule has 0 aliphatic heterocycles. The lowest BCUT2D eigenvalue weighted by atomic mass is 10.1. The minimum absolute atomic E-state index is 0.138. The van der Waals surface area contributed by atoms with Crippen LogP contribution in [-0.4, -0.2) is 34.3 Å². The molecule has 0 bridgehead atoms. The number of ketones is 1. The van der Waals surface area contributed by atoms with E-state index in [1.807, 2.05) is 38.1 Å². The number of thioether (sulfide) groups is 1. The summed E-state index contributed by atoms with van der Waals surface area (Å²) in [5, 5.41) is 0.702. The van der Waals surface area contributed by atoms with E-state index in [4.69, 9.17) is 4.74 Å². The van der Waals surface area contributed by atoms with Crippen molar-refractivity contribution in [3.05, 3.63) is 46.8 Å². The highest BCUT2D eigenvalue weighted by Gasteiger charge is 2.20. The van der Waals surface area contributed by atoms with Crippen LogP contribution in [0.25, 0.3) is 0 Å². The number of nitrogens with zero attached hydrogens (tertiary/aromatic N) is 2. The molecule has 2 rings (SSSR count). The van der Waals surface area contributed by atoms with E-state index in [1.165, 1.54) is 17.3 Å². The van der Waals surface area contributed by atoms with E-state index in [1.54, 1.807) is 7.11 Å². The predicted molar refractivity (Wildman–Crippen MR) is 99.0 cm³/mol. The molecule has 0 fully saturated rings. The summed E-state index contributed by atoms with van der Waals surface area (Å²) in [6.07, 6.45) is 0.980. The first-order valence-corrected chi connectivity index (χ1v) is 9.18. The van der Waals surface area contributed by atoms with E-state index in [0.717, 1.165) is 35.1 Å². The molecule has 2 aromatic rings. The maximum absolute atomic E-state index is 12.7. The number of carbonyl (C=O) groups excluding carboxylic acids is 1. The maximum Gasteiger partial charge on any atom is 0.175 e. The fourth-order valence-electron chi connectivity index (χ4n) is 2.51. The molecule has 24 heavy (non-hydrogen) atoms. The van der Waals surface area contributed by atoms with Gasteiger partial charge in [0.05, 0.1) is 17.6 Å². The number of hydrogen-bond acceptors (Lipinski definition) is 4. The first-order chi connectivity index (χ1) is 11.5. The Balaban J connectivity index is 2.14. The number of imidazole rings is 1. The molecule has 5 heteroatoms. The lowest BCUT2D eigenvalue weighted by Gasteiger charge is -2.13. The second-order valence-corrected chi connectivity index (χ2v) is 7.19. The van der Waals surface area contributed by atoms with Crippen molar-refractivity contribution in [2.24, 2.45) is 0 Å². The SMILES string of the molecule is CCc1ccc(C(=O)C(C)Sc2nc(C)c(C)n2CCOC)cc1. The highest BCUT2D eigenvalue weighted by atomic mass is 32.2. The Labute approximate surface area is 148 Å². The lowest BCUT2D eigenvalue weighted by molar-refractivity contribution is 0.0994. The van der Waals surface area contributed by atoms with Crippen LogP contribution >= 0.6 is 11.8 Å². The van der Waals surface area contributed by atoms with Crippen molar-refractivity contribution in [1.29, 1.82) is 0 Å². The number of rotatable bonds is 8. The second kappa shape index (κ2) is 8.49. The van der Waals surface area contributed by atoms with Gasteiger partial charge in [-0.05, 0) is 32.8 Å². The van der Waals surface area contributed by atoms with Crippen LogP contribution in [0, 0.1) is 13.8 Å². The molecule has 130 valence electrons. The summed E-state index contributed by atoms with van der Waals surface area (Å²) in [5.74, 6) is 0.138. The van der Waals surface area contributed by atoms with Gasteiger partial charge in [-0.1, -0.05) is 43.0 Å². The number of aromatic nitrogens is 2. The standard InChI is InChI=1S/C19H26N2O2S/c1-6-16-7-9-17(10-8-16)18(22)15(4)24-19-20-13(2)14(3)21(19)11-12-23-5/h7-10,15H,6,11-12H2,1-5H3. The third kappa shape index (κ3) is 4.28. The molecule has 1 aromatic heterocycles. The van der Waals surface area contributed by atoms with Gasteiger partial charge in [0, 0.05) is 24.9 Å². The monoisotopic (exact) mass is 346 g/mol. The second-order valence-electron chi connectivity index (χ2n) is 5.88. The summed E-state index contributed by atoms with van der Waals surface area (Å²) in [7, 11) is 1.69. The Morgan fingerprint density at radius 2 is 1.96 bits per heavy atom. The van der Waals surface area contributed by atoms with Gasteiger partial charge in [0.15, 0.2) is 10.9 Å². The predicted octanol–water partition coefficient (Wildman–Crippen LogP) is 4.07. The normalized spacial score (nSPS) is 12.4. The molecule has 0 aliphatic rings. The van der Waals surface area contributed by atoms with Gasteiger partial charge in [0.25, 0.3) is 0 Å². The van der Waals surface area contributed by atoms with Gasteiger partial charge < -0.3 is 9.30 Å². The van der Waals surface area contributed by atoms with E-state index in [2.05, 4.69) is 23.4 Å². The van der Waals surface area contributed by atoms with Gasteiger partial charge in [-0.2, -0.15) is 0 Å². The van der Waals surface area contributed by atoms with Crippen LogP contribution in [0.5, 0.6) is 0 Å². The molecule has 0 N–H and O–H groups in total. The van der Waals surface area contributed by atoms with Crippen molar-refractivity contribution in [1.82, 2.24) is 9.55 Å². The molecule has 0 saturated carbocycles. The van der Waals surface area contributed by atoms with Crippen molar-refractivity contribution in [3.8, 4) is 0 Å². The first-order valence-electron chi connectivity index (χ1n) is 8.30. The summed E-state index contributed by atoms with van der Waals surface area (Å²) in [6.45, 7) is 9.49. The van der Waals surface area contributed by atoms with Gasteiger partial charge in [0.2, 0.25) is 0 Å². The van der Waals surface area contributed by atoms with Crippen LogP contribution < -0.4 is 0 Å². The van der Waals surface area contributed by atoms with Crippen LogP contribution in [0.2, 0.25) is 0 Å². The summed E-state index contributed by atoms with van der Waals surface area (Å²) < 4.78 is 7.32. The summed E-state index contributed by atoms with van der Waals surface area (Å²) >= 11 is 1.52. The van der Waals surface area contributed by atoms with Crippen LogP contribution in [0.1, 0.15) is 41.2 Å². The smallest absolute Gasteiger partial charge is 0.175 e. The topological polar surface area (TPSA) is 44.1 Å². The number of ether oxygens (including phenoxy) is 1. The fraction of sp³-hybridized carbons (Fsp3) is 0.474. The van der Waals surface area contributed by atoms with Gasteiger partial charge in [-0.3, -0.25) is 4.79 Å². The van der Waals surface area contributed by atoms with Crippen molar-refractivity contribution in [2.45, 2.75) is 51.1 Å². The Bertz CT molecular complexity index is 692. The van der Waals surface area contributed by atoms with Crippen LogP contribution in [0.15, 0.2) is 29.4 Å². The number of carbonyl (C=O) groups is 1. The van der Waals surface area contributed by atoms with E-state index in [-0.39, 0.29) is 11.0 Å². The summed E-state index contributed by atoms with van der Waals surface area (Å²) in [5.41, 5.74) is 4.13. The Morgan fingerprint density at radius 3 is 2.54 bits per heavy atom. The van der Waals surface area contributed by atoms with Crippen LogP contribution in [0.4, 0.5) is 0 Å². The molecule has 0 amide bonds. The zero-order chi connectivity index (χ0) is 17.7. The molecule has 1 aromatic carbocycles. The maximum atomic E-state index is 12.7. The Morgan fingerprint density at radius 1 is 1.29 bits per heavy atom. The number of benzene rings is 1.